The average Bonchev–Trinajstić information content (AvgIpc) is 2.99. The van der Waals surface area contributed by atoms with E-state index < -0.39 is 0 Å². The van der Waals surface area contributed by atoms with Gasteiger partial charge in [0.25, 0.3) is 0 Å². The molecule has 0 fully saturated rings. The van der Waals surface area contributed by atoms with Crippen molar-refractivity contribution in [3.63, 3.8) is 0 Å². The van der Waals surface area contributed by atoms with Crippen molar-refractivity contribution >= 4 is 58.8 Å². The van der Waals surface area contributed by atoms with E-state index in [1.807, 2.05) is 23.5 Å². The molecule has 0 atom stereocenters. The summed E-state index contributed by atoms with van der Waals surface area (Å²) in [5, 5.41) is 67.0. The molecule has 0 saturated carbocycles. The van der Waals surface area contributed by atoms with Crippen LogP contribution in [0.3, 0.4) is 0 Å². The molecule has 0 rings (SSSR count). The van der Waals surface area contributed by atoms with Crippen molar-refractivity contribution in [3.05, 3.63) is 0 Å². The van der Waals surface area contributed by atoms with Crippen molar-refractivity contribution in [1.29, 1.82) is 0 Å². The number of aliphatic hydroxyl groups is 8. The summed E-state index contributed by atoms with van der Waals surface area (Å²) in [5.74, 6) is 10.2. The molecule has 0 aromatic heterocycles. The van der Waals surface area contributed by atoms with Crippen LogP contribution in [0, 0.1) is 0 Å². The van der Waals surface area contributed by atoms with E-state index in [9.17, 15) is 0 Å². The third kappa shape index (κ3) is 69.5. The van der Waals surface area contributed by atoms with Crippen LogP contribution in [-0.2, 0) is 9.47 Å². The number of rotatable bonds is 29. The van der Waals surface area contributed by atoms with Crippen LogP contribution in [0.2, 0.25) is 0 Å². The topological polar surface area (TPSA) is 180 Å². The molecule has 0 bridgehead atoms. The lowest BCUT2D eigenvalue weighted by atomic mass is 10.5. The number of hydrogen-bond acceptors (Lipinski definition) is 15. The number of ether oxygens (including phenoxy) is 2. The van der Waals surface area contributed by atoms with Gasteiger partial charge in [0.05, 0.1) is 59.5 Å². The molecule has 0 aliphatic heterocycles. The molecule has 0 unspecified atom stereocenters. The Balaban J connectivity index is -0.000000225. The standard InChI is InChI=1S/C8H18O2S2.C7H16O2S2.C6H14O4.C5H12O2S/c9-3-1-5-11-7-8-12-6-2-4-10;8-2-6-10-4-1-5-11-7-3-9;7-1-3-9-5-6-10-4-2-8;6-2-1-4-8-5-3-7/h9-10H,1-8H2;8-9H,1-7H2;7-8H,1-6H2;6-7H,1-5H2. The van der Waals surface area contributed by atoms with Crippen LogP contribution >= 0.6 is 58.8 Å². The van der Waals surface area contributed by atoms with Crippen molar-refractivity contribution < 1.29 is 50.3 Å². The highest BCUT2D eigenvalue weighted by atomic mass is 32.2. The fraction of sp³-hybridized carbons (Fsp3) is 1.00. The molecule has 0 radical (unpaired) electrons. The van der Waals surface area contributed by atoms with Gasteiger partial charge in [0, 0.05) is 48.6 Å². The van der Waals surface area contributed by atoms with Crippen molar-refractivity contribution in [1.82, 2.24) is 0 Å². The smallest absolute Gasteiger partial charge is 0.0701 e. The summed E-state index contributed by atoms with van der Waals surface area (Å²) < 4.78 is 9.75. The maximum absolute atomic E-state index is 8.49. The number of hydrogen-bond donors (Lipinski definition) is 8. The Bertz CT molecular complexity index is 354. The summed E-state index contributed by atoms with van der Waals surface area (Å²) in [4.78, 5) is 0. The fourth-order valence-electron chi connectivity index (χ4n) is 2.04. The summed E-state index contributed by atoms with van der Waals surface area (Å²) in [7, 11) is 0. The van der Waals surface area contributed by atoms with Gasteiger partial charge in [0.2, 0.25) is 0 Å². The minimum absolute atomic E-state index is 0.0417. The maximum atomic E-state index is 8.49. The van der Waals surface area contributed by atoms with Gasteiger partial charge in [-0.15, -0.1) is 0 Å². The summed E-state index contributed by atoms with van der Waals surface area (Å²) in [6.07, 6.45) is 3.83. The van der Waals surface area contributed by atoms with Gasteiger partial charge in [-0.3, -0.25) is 0 Å². The van der Waals surface area contributed by atoms with E-state index >= 15 is 0 Å². The molecule has 0 aliphatic rings. The second kappa shape index (κ2) is 57.1. The predicted molar refractivity (Wildman–Crippen MR) is 183 cm³/mol. The lowest BCUT2D eigenvalue weighted by molar-refractivity contribution is 0.0222. The zero-order valence-corrected chi connectivity index (χ0v) is 28.9. The van der Waals surface area contributed by atoms with Crippen molar-refractivity contribution in [3.8, 4) is 0 Å². The van der Waals surface area contributed by atoms with Gasteiger partial charge in [-0.1, -0.05) is 0 Å². The van der Waals surface area contributed by atoms with E-state index in [1.54, 1.807) is 35.3 Å². The first kappa shape index (κ1) is 49.2. The zero-order chi connectivity index (χ0) is 31.3. The molecule has 254 valence electrons. The molecule has 8 N–H and O–H groups in total. The Morgan fingerprint density at radius 2 is 0.561 bits per heavy atom. The van der Waals surface area contributed by atoms with Gasteiger partial charge in [-0.25, -0.2) is 0 Å². The molecule has 41 heavy (non-hydrogen) atoms. The first-order chi connectivity index (χ1) is 20.2. The largest absolute Gasteiger partial charge is 0.396 e. The van der Waals surface area contributed by atoms with Gasteiger partial charge < -0.3 is 50.3 Å². The zero-order valence-electron chi connectivity index (χ0n) is 24.8. The van der Waals surface area contributed by atoms with Crippen molar-refractivity contribution in [2.45, 2.75) is 25.7 Å². The normalized spacial score (nSPS) is 10.2. The molecule has 0 amide bonds. The third-order valence-corrected chi connectivity index (χ3v) is 9.38. The lowest BCUT2D eigenvalue weighted by Crippen LogP contribution is -2.09. The van der Waals surface area contributed by atoms with Crippen molar-refractivity contribution in [2.75, 3.05) is 137 Å². The van der Waals surface area contributed by atoms with Gasteiger partial charge in [-0.2, -0.15) is 58.8 Å². The molecule has 0 heterocycles. The average molecular weight is 693 g/mol. The van der Waals surface area contributed by atoms with E-state index in [1.165, 1.54) is 6.42 Å². The number of thioether (sulfide) groups is 5. The van der Waals surface area contributed by atoms with Crippen LogP contribution in [0.15, 0.2) is 0 Å². The molecule has 10 nitrogen and oxygen atoms in total. The summed E-state index contributed by atoms with van der Waals surface area (Å²) in [6.45, 7) is 3.43. The monoisotopic (exact) mass is 692 g/mol. The first-order valence-electron chi connectivity index (χ1n) is 14.1. The Morgan fingerprint density at radius 1 is 0.268 bits per heavy atom. The van der Waals surface area contributed by atoms with Crippen LogP contribution < -0.4 is 0 Å². The van der Waals surface area contributed by atoms with Gasteiger partial charge in [-0.05, 0) is 54.4 Å². The Labute approximate surface area is 270 Å². The van der Waals surface area contributed by atoms with E-state index in [0.717, 1.165) is 76.8 Å². The molecule has 0 aromatic rings. The summed E-state index contributed by atoms with van der Waals surface area (Å²) in [6, 6.07) is 0. The fourth-order valence-corrected chi connectivity index (χ4v) is 6.27. The Kier molecular flexibility index (Phi) is 68.5. The van der Waals surface area contributed by atoms with Crippen LogP contribution in [-0.4, -0.2) is 178 Å². The van der Waals surface area contributed by atoms with Gasteiger partial charge in [0.15, 0.2) is 0 Å². The quantitative estimate of drug-likeness (QED) is 0.0523. The van der Waals surface area contributed by atoms with Crippen LogP contribution in [0.5, 0.6) is 0 Å². The van der Waals surface area contributed by atoms with E-state index in [-0.39, 0.29) is 39.6 Å². The predicted octanol–water partition coefficient (Wildman–Crippen LogP) is 1.14. The van der Waals surface area contributed by atoms with E-state index in [0.29, 0.717) is 39.6 Å². The second-order valence-corrected chi connectivity index (χ2v) is 13.6. The maximum Gasteiger partial charge on any atom is 0.0701 e. The van der Waals surface area contributed by atoms with Crippen LogP contribution in [0.4, 0.5) is 0 Å². The highest BCUT2D eigenvalue weighted by Gasteiger charge is 1.91. The van der Waals surface area contributed by atoms with E-state index in [4.69, 9.17) is 50.3 Å². The molecular formula is C26H60O10S5. The van der Waals surface area contributed by atoms with Gasteiger partial charge in [0.1, 0.15) is 0 Å². The first-order valence-corrected chi connectivity index (χ1v) is 19.8. The summed E-state index contributed by atoms with van der Waals surface area (Å²) in [5.41, 5.74) is 0. The minimum atomic E-state index is 0.0417. The van der Waals surface area contributed by atoms with Crippen LogP contribution in [0.25, 0.3) is 0 Å². The van der Waals surface area contributed by atoms with Crippen molar-refractivity contribution in [2.24, 2.45) is 0 Å². The van der Waals surface area contributed by atoms with Gasteiger partial charge >= 0.3 is 0 Å². The third-order valence-electron chi connectivity index (χ3n) is 3.84. The summed E-state index contributed by atoms with van der Waals surface area (Å²) >= 11 is 9.02. The Morgan fingerprint density at radius 3 is 0.829 bits per heavy atom. The second-order valence-electron chi connectivity index (χ2n) is 7.49. The number of aliphatic hydroxyl groups excluding tert-OH is 8. The highest BCUT2D eigenvalue weighted by molar-refractivity contribution is 8.03. The molecule has 15 heteroatoms. The van der Waals surface area contributed by atoms with E-state index in [2.05, 4.69) is 0 Å². The molecular weight excluding hydrogens is 633 g/mol. The lowest BCUT2D eigenvalue weighted by Gasteiger charge is -2.01. The SMILES string of the molecule is OCCCSCCO.OCCCSCCSCCCO.OCCOCCOCCO.OCCSCCCSCCO. The molecule has 0 spiro atoms. The molecule has 0 aliphatic carbocycles. The molecule has 0 saturated heterocycles. The highest BCUT2D eigenvalue weighted by Crippen LogP contribution is 2.08. The van der Waals surface area contributed by atoms with Crippen LogP contribution in [0.1, 0.15) is 25.7 Å². The molecule has 0 aromatic carbocycles. The minimum Gasteiger partial charge on any atom is -0.396 e. The Hall–Kier alpha value is 1.35.